The minimum atomic E-state index is -4.67. The summed E-state index contributed by atoms with van der Waals surface area (Å²) in [6, 6.07) is 11.0. The number of aromatic amines is 2. The number of nitrogens with zero attached hydrogens (tertiary/aromatic N) is 9. The number of primary amides is 3. The number of likely N-dealkylation sites (N-methyl/N-ethyl adjacent to an activating group) is 1. The normalized spacial score (nSPS) is 25.3. The van der Waals surface area contributed by atoms with Crippen molar-refractivity contribution in [2.45, 2.75) is 186 Å². The zero-order valence-corrected chi connectivity index (χ0v) is 90.0. The summed E-state index contributed by atoms with van der Waals surface area (Å²) in [5.74, 6) is -0.300. The van der Waals surface area contributed by atoms with Gasteiger partial charge in [-0.25, -0.2) is 9.78 Å². The molecule has 5 unspecified atom stereocenters. The molecule has 1 spiro atoms. The molecule has 0 radical (unpaired) electrons. The van der Waals surface area contributed by atoms with E-state index in [0.29, 0.717) is 151 Å². The second kappa shape index (κ2) is 60.2. The number of piperazine rings is 1. The van der Waals surface area contributed by atoms with Gasteiger partial charge in [-0.2, -0.15) is 8.42 Å². The largest absolute Gasteiger partial charge is 0.496 e. The molecule has 138 heavy (non-hydrogen) atoms. The van der Waals surface area contributed by atoms with Gasteiger partial charge in [0, 0.05) is 207 Å². The van der Waals surface area contributed by atoms with E-state index < -0.39 is 147 Å². The van der Waals surface area contributed by atoms with Crippen LogP contribution in [-0.2, 0) is 56.3 Å². The van der Waals surface area contributed by atoms with E-state index in [1.165, 1.54) is 18.4 Å². The molecule has 30 N–H and O–H groups in total. The van der Waals surface area contributed by atoms with Gasteiger partial charge in [0.15, 0.2) is 11.3 Å². The van der Waals surface area contributed by atoms with Gasteiger partial charge in [-0.3, -0.25) is 47.9 Å². The summed E-state index contributed by atoms with van der Waals surface area (Å²) in [7, 11) is 3.64. The number of carbonyl (C=O) groups excluding carboxylic acids is 6. The number of aromatic nitrogens is 3. The smallest absolute Gasteiger partial charge is 0.404 e. The highest BCUT2D eigenvalue weighted by Gasteiger charge is 2.78. The van der Waals surface area contributed by atoms with Crippen molar-refractivity contribution in [3.63, 3.8) is 0 Å². The molecule has 11 rings (SSSR count). The van der Waals surface area contributed by atoms with Crippen molar-refractivity contribution in [2.75, 3.05) is 176 Å². The van der Waals surface area contributed by atoms with E-state index in [9.17, 15) is 80.1 Å². The summed E-state index contributed by atoms with van der Waals surface area (Å²) in [5, 5.41) is 166. The molecule has 1 aliphatic carbocycles. The number of para-hydroxylation sites is 1. The first-order chi connectivity index (χ1) is 64.5. The number of hydrogen-bond acceptors (Lipinski definition) is 35. The van der Waals surface area contributed by atoms with E-state index >= 15 is 4.79 Å². The molecule has 54 heteroatoms. The fourth-order valence-electron chi connectivity index (χ4n) is 18.2. The highest BCUT2D eigenvalue weighted by Crippen LogP contribution is 2.68. The van der Waals surface area contributed by atoms with Crippen LogP contribution in [0.2, 0.25) is 0 Å². The van der Waals surface area contributed by atoms with E-state index in [-0.39, 0.29) is 75.8 Å². The van der Waals surface area contributed by atoms with Crippen molar-refractivity contribution in [1.29, 1.82) is 0 Å². The number of halogens is 8. The molecule has 3 saturated heterocycles. The zero-order chi connectivity index (χ0) is 104. The molecule has 2 aromatic carbocycles. The molecular formula is C84H139Br6Cl2N17O28S. The van der Waals surface area contributed by atoms with Crippen molar-refractivity contribution < 1.29 is 137 Å². The first-order valence-electron chi connectivity index (χ1n) is 43.9. The van der Waals surface area contributed by atoms with Crippen LogP contribution in [0.1, 0.15) is 98.6 Å². The molecule has 7 aliphatic rings. The van der Waals surface area contributed by atoms with Crippen molar-refractivity contribution in [1.82, 2.24) is 56.3 Å². The number of carbonyl (C=O) groups is 6. The Labute approximate surface area is 863 Å². The van der Waals surface area contributed by atoms with Crippen LogP contribution in [-0.4, -0.2) is 443 Å². The van der Waals surface area contributed by atoms with E-state index in [1.807, 2.05) is 72.0 Å². The number of piperidine rings is 1. The monoisotopic (exact) mass is 2410 g/mol. The Morgan fingerprint density at radius 1 is 0.696 bits per heavy atom. The Balaban J connectivity index is 0.000000482. The second-order valence-corrected chi connectivity index (χ2v) is 39.4. The summed E-state index contributed by atoms with van der Waals surface area (Å²) in [6.07, 6.45) is -7.38. The van der Waals surface area contributed by atoms with Gasteiger partial charge in [0.25, 0.3) is 11.8 Å². The van der Waals surface area contributed by atoms with Crippen LogP contribution in [0.15, 0.2) is 65.2 Å². The Bertz CT molecular complexity index is 4490. The molecule has 2 aromatic heterocycles. The van der Waals surface area contributed by atoms with Gasteiger partial charge in [0.2, 0.25) is 17.6 Å². The molecule has 4 aromatic rings. The predicted molar refractivity (Wildman–Crippen MR) is 538 cm³/mol. The zero-order valence-electron chi connectivity index (χ0n) is 78.1. The summed E-state index contributed by atoms with van der Waals surface area (Å²) in [5.41, 5.74) is 14.5. The number of amides is 5. The average molecular weight is 2420 g/mol. The number of hydrogen-bond donors (Lipinski definition) is 25. The number of H-pyrrole nitrogens is 2. The highest BCUT2D eigenvalue weighted by molar-refractivity contribution is 9.10. The number of nitrogens with two attached hydrogens (primary N) is 3. The SMILES string of the molecule is CCOC(N)=O.CC[C@]1(O)C[C@H]2CN(CCc3c([nH]c4ccccc34)[C@@](C(=O)OC)(c3cc4c(cc3OC)N(C)[C@H]3[C@@](O)(C(N)=O)[C@H](O)[C@]5(CC)C=CCN6CC[C@]43[C@@H]65)C2)C1.CN(C)N=Nc1nc[nH]c1C(N)=O.N.O=C(CCBr)N1CCN(C(=O)CCBr)CC1.O=S(=O)(O)O.OC(CBr)C(O)C(O)C(O)CBr.O[C@@H]([C@H](O)[C@H](O)CBr)[C@H](O)CBr.O[C@@H]([C@H](O)[C@H](O)CNCCCl)[C@H](O)CNCCCl. The molecule has 6 aliphatic heterocycles. The maximum Gasteiger partial charge on any atom is 0.404 e. The summed E-state index contributed by atoms with van der Waals surface area (Å²) >= 11 is 29.1. The number of imidazole rings is 1. The molecule has 1 saturated carbocycles. The Morgan fingerprint density at radius 3 is 1.60 bits per heavy atom. The molecule has 2 bridgehead atoms. The standard InChI is InChI=1S/C43H55N5O7.C10H16Br2N2O2.C10H22Cl2N2O4.2C6H12Br2O4.C6H10N6O.C3H7NO2.H3N.H2O4S/c1-6-39(52)21-25-22-42(38(51)55-5,33-27(13-17-47(23-25)24-39)26-11-8-9-12-30(26)45-33)29-19-28-31(20-32(29)54-4)46(3)35-41(28)15-18-48-16-10-14-40(7-2,34(41)48)36(49)43(35,53)37(44)50;11-3-1-9(15)13-5-7-14(8-6-13)10(16)2-4-12;11-1-3-13-5-7(15)9(17)10(18)8(16)6-14-4-2-12;2*7-1-3(9)5(11)6(12)4(10)2-8;1-12(2)11-10-6-4(5(7)13)8-3-9-6;1-2-6-3(4)5;;1-5(2,3)4/h8-12,14,19-20,25,34-36,45,49,52-53H,6-7,13,15-18,21-24H2,1-5H3,(H2,44,50);1-8H2;7-10,13-18H,1-6H2;2*3-6,9-12H,1-2H2;3H,1-2H3,(H2,7,13)(H,8,9);2H2,1H3,(H2,4,5);1H3;(H2,1,2,3,4)/t25-,34+,35-,36-,39+,40-,41-,42+,43+;;7-,8-,9-,10-;3-,4-,5-,6-;;;;;/m1.11...../s1. The number of rotatable bonds is 35. The first-order valence-corrected chi connectivity index (χ1v) is 53.0. The van der Waals surface area contributed by atoms with Crippen molar-refractivity contribution in [3.05, 3.63) is 83.0 Å². The minimum Gasteiger partial charge on any atom is -0.496 e. The van der Waals surface area contributed by atoms with Crippen molar-refractivity contribution in [2.24, 2.45) is 38.9 Å². The summed E-state index contributed by atoms with van der Waals surface area (Å²) < 4.78 is 48.0. The third-order valence-electron chi connectivity index (χ3n) is 24.6. The second-order valence-electron chi connectivity index (χ2n) is 33.6. The van der Waals surface area contributed by atoms with Gasteiger partial charge in [0.1, 0.15) is 53.9 Å². The summed E-state index contributed by atoms with van der Waals surface area (Å²) in [6.45, 7) is 13.3. The van der Waals surface area contributed by atoms with Crippen LogP contribution in [0, 0.1) is 11.3 Å². The molecule has 45 nitrogen and oxygen atoms in total. The van der Waals surface area contributed by atoms with Gasteiger partial charge in [-0.05, 0) is 81.2 Å². The fraction of sp³-hybridized carbons (Fsp3) is 0.702. The van der Waals surface area contributed by atoms with Crippen molar-refractivity contribution in [3.8, 4) is 5.75 Å². The molecular weight excluding hydrogens is 2280 g/mol. The summed E-state index contributed by atoms with van der Waals surface area (Å²) in [4.78, 5) is 92.8. The quantitative estimate of drug-likeness (QED) is 0.00555. The lowest BCUT2D eigenvalue weighted by Crippen LogP contribution is -2.81. The van der Waals surface area contributed by atoms with Gasteiger partial charge < -0.3 is 149 Å². The van der Waals surface area contributed by atoms with Gasteiger partial charge >= 0.3 is 22.5 Å². The predicted octanol–water partition coefficient (Wildman–Crippen LogP) is 0.166. The van der Waals surface area contributed by atoms with Crippen LogP contribution in [0.25, 0.3) is 10.9 Å². The van der Waals surface area contributed by atoms with Gasteiger partial charge in [0.05, 0.1) is 75.4 Å². The fourth-order valence-corrected chi connectivity index (χ4v) is 20.6. The number of aliphatic hydroxyl groups is 15. The lowest BCUT2D eigenvalue weighted by Gasteiger charge is -2.63. The average Bonchev–Trinajstić information content (AvgIpc) is 1.49. The third kappa shape index (κ3) is 33.0. The van der Waals surface area contributed by atoms with Crippen LogP contribution in [0.5, 0.6) is 5.75 Å². The number of anilines is 1. The molecule has 790 valence electrons. The molecule has 4 fully saturated rings. The molecule has 22 atom stereocenters. The third-order valence-corrected chi connectivity index (χ3v) is 28.4. The highest BCUT2D eigenvalue weighted by atomic mass is 79.9. The number of ether oxygens (including phenoxy) is 3. The number of methoxy groups -OCH3 is 2. The minimum absolute atomic E-state index is 0. The van der Waals surface area contributed by atoms with E-state index in [2.05, 4.69) is 164 Å². The number of alkyl halides is 8. The maximum atomic E-state index is 15.2. The van der Waals surface area contributed by atoms with E-state index in [4.69, 9.17) is 82.1 Å². The Hall–Kier alpha value is -4.92. The van der Waals surface area contributed by atoms with Crippen LogP contribution < -0.4 is 43.6 Å². The maximum absolute atomic E-state index is 15.2. The van der Waals surface area contributed by atoms with Gasteiger partial charge in [-0.1, -0.05) is 145 Å². The number of aliphatic hydroxyl groups excluding tert-OH is 13. The van der Waals surface area contributed by atoms with Crippen molar-refractivity contribution >= 4 is 187 Å². The Morgan fingerprint density at radius 2 is 1.19 bits per heavy atom. The first kappa shape index (κ1) is 127. The van der Waals surface area contributed by atoms with E-state index in [1.54, 1.807) is 28.1 Å². The number of benzene rings is 2. The number of fused-ring (bicyclic) bond motifs is 6. The lowest BCUT2D eigenvalue weighted by atomic mass is 9.47. The topological polar surface area (TPSA) is 734 Å². The van der Waals surface area contributed by atoms with Gasteiger partial charge in [-0.15, -0.1) is 28.3 Å². The van der Waals surface area contributed by atoms with Crippen LogP contribution >= 0.6 is 119 Å². The Kier molecular flexibility index (Phi) is 55.5. The van der Waals surface area contributed by atoms with Crippen LogP contribution in [0.3, 0.4) is 0 Å². The molecule has 5 amide bonds. The molecule has 8 heterocycles. The lowest BCUT2D eigenvalue weighted by molar-refractivity contribution is -0.201. The number of nitrogens with one attached hydrogen (secondary N) is 4. The van der Waals surface area contributed by atoms with Crippen LogP contribution in [0.4, 0.5) is 16.3 Å². The van der Waals surface area contributed by atoms with E-state index in [0.717, 1.165) is 46.5 Å². The number of esters is 1.